The van der Waals surface area contributed by atoms with E-state index in [4.69, 9.17) is 11.6 Å². The molecule has 1 aromatic heterocycles. The summed E-state index contributed by atoms with van der Waals surface area (Å²) >= 11 is 7.33. The first-order valence-corrected chi connectivity index (χ1v) is 10.4. The van der Waals surface area contributed by atoms with E-state index in [9.17, 15) is 8.42 Å². The van der Waals surface area contributed by atoms with Gasteiger partial charge in [0.05, 0.1) is 17.1 Å². The lowest BCUT2D eigenvalue weighted by molar-refractivity contribution is 0.581. The fourth-order valence-corrected chi connectivity index (χ4v) is 4.61. The molecule has 3 rings (SSSR count). The van der Waals surface area contributed by atoms with Gasteiger partial charge in [-0.1, -0.05) is 41.9 Å². The molecule has 130 valence electrons. The van der Waals surface area contributed by atoms with Crippen molar-refractivity contribution in [1.29, 1.82) is 0 Å². The number of hydrogen-bond acceptors (Lipinski definition) is 4. The summed E-state index contributed by atoms with van der Waals surface area (Å²) in [7, 11) is -3.58. The standard InChI is InChI=1S/C18H17ClN2O2S2/c1-13-17(11-14-5-3-2-4-6-14)24-18(21-13)12-20-25(22,23)16-9-7-15(19)8-10-16/h2-10,20H,11-12H2,1H3. The average Bonchev–Trinajstić information content (AvgIpc) is 2.94. The normalized spacial score (nSPS) is 11.6. The zero-order chi connectivity index (χ0) is 17.9. The van der Waals surface area contributed by atoms with Crippen molar-refractivity contribution >= 4 is 33.0 Å². The predicted octanol–water partition coefficient (Wildman–Crippen LogP) is 4.17. The zero-order valence-electron chi connectivity index (χ0n) is 13.6. The number of rotatable bonds is 6. The molecular formula is C18H17ClN2O2S2. The summed E-state index contributed by atoms with van der Waals surface area (Å²) in [6.45, 7) is 2.12. The second kappa shape index (κ2) is 7.66. The summed E-state index contributed by atoms with van der Waals surface area (Å²) in [6.07, 6.45) is 0.800. The van der Waals surface area contributed by atoms with Crippen LogP contribution in [-0.4, -0.2) is 13.4 Å². The van der Waals surface area contributed by atoms with Gasteiger partial charge in [-0.3, -0.25) is 0 Å². The lowest BCUT2D eigenvalue weighted by Gasteiger charge is -2.05. The zero-order valence-corrected chi connectivity index (χ0v) is 16.0. The molecule has 0 atom stereocenters. The summed E-state index contributed by atoms with van der Waals surface area (Å²) < 4.78 is 27.2. The molecule has 1 N–H and O–H groups in total. The van der Waals surface area contributed by atoms with Gasteiger partial charge in [-0.2, -0.15) is 0 Å². The molecule has 7 heteroatoms. The largest absolute Gasteiger partial charge is 0.245 e. The molecule has 0 saturated heterocycles. The van der Waals surface area contributed by atoms with Crippen molar-refractivity contribution in [1.82, 2.24) is 9.71 Å². The number of thiazole rings is 1. The fraction of sp³-hybridized carbons (Fsp3) is 0.167. The number of halogens is 1. The topological polar surface area (TPSA) is 59.1 Å². The minimum atomic E-state index is -3.58. The minimum absolute atomic E-state index is 0.172. The van der Waals surface area contributed by atoms with E-state index >= 15 is 0 Å². The van der Waals surface area contributed by atoms with Gasteiger partial charge in [-0.05, 0) is 36.8 Å². The number of sulfonamides is 1. The predicted molar refractivity (Wildman–Crippen MR) is 102 cm³/mol. The number of benzene rings is 2. The Balaban J connectivity index is 1.69. The molecule has 0 unspecified atom stereocenters. The van der Waals surface area contributed by atoms with Crippen LogP contribution in [0.4, 0.5) is 0 Å². The highest BCUT2D eigenvalue weighted by atomic mass is 35.5. The van der Waals surface area contributed by atoms with Gasteiger partial charge < -0.3 is 0 Å². The van der Waals surface area contributed by atoms with Gasteiger partial charge in [-0.15, -0.1) is 11.3 Å². The summed E-state index contributed by atoms with van der Waals surface area (Å²) in [4.78, 5) is 5.82. The molecule has 2 aromatic carbocycles. The lowest BCUT2D eigenvalue weighted by atomic mass is 10.1. The summed E-state index contributed by atoms with van der Waals surface area (Å²) in [5.74, 6) is 0. The summed E-state index contributed by atoms with van der Waals surface area (Å²) in [6, 6.07) is 16.2. The van der Waals surface area contributed by atoms with Gasteiger partial charge in [0.2, 0.25) is 10.0 Å². The number of nitrogens with one attached hydrogen (secondary N) is 1. The number of hydrogen-bond donors (Lipinski definition) is 1. The van der Waals surface area contributed by atoms with E-state index in [1.165, 1.54) is 29.0 Å². The van der Waals surface area contributed by atoms with Crippen LogP contribution in [0.15, 0.2) is 59.5 Å². The molecule has 3 aromatic rings. The van der Waals surface area contributed by atoms with Crippen LogP contribution < -0.4 is 4.72 Å². The lowest BCUT2D eigenvalue weighted by Crippen LogP contribution is -2.23. The molecule has 25 heavy (non-hydrogen) atoms. The van der Waals surface area contributed by atoms with Gasteiger partial charge in [0.25, 0.3) is 0 Å². The van der Waals surface area contributed by atoms with Crippen molar-refractivity contribution in [2.45, 2.75) is 24.8 Å². The van der Waals surface area contributed by atoms with Crippen LogP contribution in [-0.2, 0) is 23.0 Å². The van der Waals surface area contributed by atoms with Crippen LogP contribution in [0, 0.1) is 6.92 Å². The third-order valence-electron chi connectivity index (χ3n) is 3.68. The maximum Gasteiger partial charge on any atom is 0.240 e. The molecule has 0 aliphatic carbocycles. The molecule has 1 heterocycles. The van der Waals surface area contributed by atoms with Gasteiger partial charge >= 0.3 is 0 Å². The van der Waals surface area contributed by atoms with E-state index in [1.54, 1.807) is 12.1 Å². The molecule has 0 aliphatic rings. The second-order valence-corrected chi connectivity index (χ2v) is 8.93. The molecule has 0 amide bonds. The molecule has 0 bridgehead atoms. The quantitative estimate of drug-likeness (QED) is 0.684. The van der Waals surface area contributed by atoms with Gasteiger partial charge in [0, 0.05) is 16.3 Å². The van der Waals surface area contributed by atoms with E-state index in [2.05, 4.69) is 21.8 Å². The van der Waals surface area contributed by atoms with Crippen molar-refractivity contribution < 1.29 is 8.42 Å². The SMILES string of the molecule is Cc1nc(CNS(=O)(=O)c2ccc(Cl)cc2)sc1Cc1ccccc1. The van der Waals surface area contributed by atoms with Gasteiger partial charge in [0.1, 0.15) is 5.01 Å². The highest BCUT2D eigenvalue weighted by Crippen LogP contribution is 2.22. The van der Waals surface area contributed by atoms with E-state index in [0.29, 0.717) is 5.02 Å². The number of aryl methyl sites for hydroxylation is 1. The van der Waals surface area contributed by atoms with Crippen LogP contribution in [0.5, 0.6) is 0 Å². The van der Waals surface area contributed by atoms with Crippen LogP contribution in [0.2, 0.25) is 5.02 Å². The highest BCUT2D eigenvalue weighted by molar-refractivity contribution is 7.89. The number of nitrogens with zero attached hydrogens (tertiary/aromatic N) is 1. The summed E-state index contributed by atoms with van der Waals surface area (Å²) in [5, 5.41) is 1.25. The Hall–Kier alpha value is -1.73. The third kappa shape index (κ3) is 4.67. The van der Waals surface area contributed by atoms with Gasteiger partial charge in [0.15, 0.2) is 0 Å². The average molecular weight is 393 g/mol. The third-order valence-corrected chi connectivity index (χ3v) is 6.51. The Morgan fingerprint density at radius 1 is 1.08 bits per heavy atom. The smallest absolute Gasteiger partial charge is 0.240 e. The van der Waals surface area contributed by atoms with Crippen molar-refractivity contribution in [3.05, 3.63) is 80.8 Å². The molecule has 0 saturated carbocycles. The first kappa shape index (κ1) is 18.1. The molecule has 0 fully saturated rings. The first-order valence-electron chi connectivity index (χ1n) is 7.68. The Morgan fingerprint density at radius 3 is 2.44 bits per heavy atom. The molecule has 0 spiro atoms. The van der Waals surface area contributed by atoms with Crippen LogP contribution in [0.1, 0.15) is 21.1 Å². The van der Waals surface area contributed by atoms with E-state index < -0.39 is 10.0 Å². The van der Waals surface area contributed by atoms with Crippen molar-refractivity contribution in [2.75, 3.05) is 0 Å². The molecule has 0 aliphatic heterocycles. The summed E-state index contributed by atoms with van der Waals surface area (Å²) in [5.41, 5.74) is 2.15. The Labute approximate surface area is 156 Å². The van der Waals surface area contributed by atoms with E-state index in [0.717, 1.165) is 22.0 Å². The van der Waals surface area contributed by atoms with Crippen molar-refractivity contribution in [3.63, 3.8) is 0 Å². The van der Waals surface area contributed by atoms with Gasteiger partial charge in [-0.25, -0.2) is 18.1 Å². The highest BCUT2D eigenvalue weighted by Gasteiger charge is 2.15. The maximum absolute atomic E-state index is 12.3. The Morgan fingerprint density at radius 2 is 1.76 bits per heavy atom. The van der Waals surface area contributed by atoms with Crippen molar-refractivity contribution in [2.24, 2.45) is 0 Å². The Bertz CT molecular complexity index is 953. The minimum Gasteiger partial charge on any atom is -0.245 e. The monoisotopic (exact) mass is 392 g/mol. The Kier molecular flexibility index (Phi) is 5.54. The maximum atomic E-state index is 12.3. The van der Waals surface area contributed by atoms with Crippen LogP contribution in [0.3, 0.4) is 0 Å². The fourth-order valence-electron chi connectivity index (χ4n) is 2.36. The van der Waals surface area contributed by atoms with Crippen LogP contribution in [0.25, 0.3) is 0 Å². The number of aromatic nitrogens is 1. The molecule has 4 nitrogen and oxygen atoms in total. The molecular weight excluding hydrogens is 376 g/mol. The first-order chi connectivity index (χ1) is 11.9. The van der Waals surface area contributed by atoms with E-state index in [1.807, 2.05) is 25.1 Å². The van der Waals surface area contributed by atoms with Crippen LogP contribution >= 0.6 is 22.9 Å². The van der Waals surface area contributed by atoms with Crippen molar-refractivity contribution in [3.8, 4) is 0 Å². The van der Waals surface area contributed by atoms with E-state index in [-0.39, 0.29) is 11.4 Å². The molecule has 0 radical (unpaired) electrons. The second-order valence-electron chi connectivity index (χ2n) is 5.56.